The summed E-state index contributed by atoms with van der Waals surface area (Å²) in [4.78, 5) is 0. The number of benzene rings is 2. The van der Waals surface area contributed by atoms with Crippen molar-refractivity contribution in [3.05, 3.63) is 47.5 Å². The van der Waals surface area contributed by atoms with Gasteiger partial charge >= 0.3 is 0 Å². The Morgan fingerprint density at radius 2 is 1.23 bits per heavy atom. The number of hydrogen-bond acceptors (Lipinski definition) is 4. The fourth-order valence-corrected chi connectivity index (χ4v) is 2.46. The molecule has 2 aromatic rings. The van der Waals surface area contributed by atoms with Crippen molar-refractivity contribution >= 4 is 0 Å². The molecule has 0 amide bonds. The minimum absolute atomic E-state index is 0.153. The predicted octanol–water partition coefficient (Wildman–Crippen LogP) is 3.87. The molecule has 0 aromatic heterocycles. The van der Waals surface area contributed by atoms with Gasteiger partial charge in [0, 0.05) is 17.5 Å². The van der Waals surface area contributed by atoms with E-state index in [1.54, 1.807) is 28.4 Å². The van der Waals surface area contributed by atoms with Crippen molar-refractivity contribution in [1.82, 2.24) is 0 Å². The Morgan fingerprint density at radius 3 is 1.73 bits per heavy atom. The molecule has 0 spiro atoms. The van der Waals surface area contributed by atoms with Gasteiger partial charge < -0.3 is 18.9 Å². The minimum atomic E-state index is 0.153. The van der Waals surface area contributed by atoms with Crippen LogP contribution in [-0.2, 0) is 0 Å². The summed E-state index contributed by atoms with van der Waals surface area (Å²) >= 11 is 0. The van der Waals surface area contributed by atoms with Crippen molar-refractivity contribution in [2.45, 2.75) is 12.8 Å². The summed E-state index contributed by atoms with van der Waals surface area (Å²) in [7, 11) is 6.57. The smallest absolute Gasteiger partial charge is 0.164 e. The van der Waals surface area contributed by atoms with Gasteiger partial charge in [-0.25, -0.2) is 0 Å². The molecule has 22 heavy (non-hydrogen) atoms. The summed E-state index contributed by atoms with van der Waals surface area (Å²) in [5, 5.41) is 0. The molecule has 0 aliphatic carbocycles. The van der Waals surface area contributed by atoms with Gasteiger partial charge in [-0.15, -0.1) is 0 Å². The lowest BCUT2D eigenvalue weighted by Gasteiger charge is -2.19. The highest BCUT2D eigenvalue weighted by molar-refractivity contribution is 5.53. The summed E-state index contributed by atoms with van der Waals surface area (Å²) in [6.07, 6.45) is 0. The summed E-state index contributed by atoms with van der Waals surface area (Å²) < 4.78 is 21.4. The van der Waals surface area contributed by atoms with Crippen LogP contribution in [0, 0.1) is 0 Å². The quantitative estimate of drug-likeness (QED) is 0.811. The number of methoxy groups -OCH3 is 4. The molecule has 0 bridgehead atoms. The monoisotopic (exact) mass is 302 g/mol. The molecule has 2 aromatic carbocycles. The molecular formula is C18H22O4. The molecular weight excluding hydrogens is 280 g/mol. The highest BCUT2D eigenvalue weighted by Gasteiger charge is 2.18. The van der Waals surface area contributed by atoms with E-state index in [2.05, 4.69) is 19.1 Å². The molecule has 0 heterocycles. The second-order valence-corrected chi connectivity index (χ2v) is 4.94. The van der Waals surface area contributed by atoms with Crippen molar-refractivity contribution in [2.24, 2.45) is 0 Å². The van der Waals surface area contributed by atoms with E-state index < -0.39 is 0 Å². The Labute approximate surface area is 131 Å². The zero-order valence-electron chi connectivity index (χ0n) is 13.7. The van der Waals surface area contributed by atoms with Crippen molar-refractivity contribution < 1.29 is 18.9 Å². The van der Waals surface area contributed by atoms with Crippen LogP contribution in [-0.4, -0.2) is 28.4 Å². The first-order chi connectivity index (χ1) is 10.6. The van der Waals surface area contributed by atoms with Crippen molar-refractivity contribution in [1.29, 1.82) is 0 Å². The van der Waals surface area contributed by atoms with Crippen LogP contribution in [0.3, 0.4) is 0 Å². The molecule has 0 radical (unpaired) electrons. The van der Waals surface area contributed by atoms with Gasteiger partial charge in [-0.05, 0) is 23.8 Å². The Morgan fingerprint density at radius 1 is 0.682 bits per heavy atom. The maximum atomic E-state index is 5.51. The van der Waals surface area contributed by atoms with Crippen molar-refractivity contribution in [3.63, 3.8) is 0 Å². The Bertz CT molecular complexity index is 620. The molecule has 1 atom stereocenters. The van der Waals surface area contributed by atoms with E-state index in [-0.39, 0.29) is 5.92 Å². The van der Waals surface area contributed by atoms with Crippen LogP contribution in [0.2, 0.25) is 0 Å². The van der Waals surface area contributed by atoms with E-state index in [1.807, 2.05) is 24.3 Å². The van der Waals surface area contributed by atoms with Crippen LogP contribution in [0.25, 0.3) is 0 Å². The standard InChI is InChI=1S/C18H22O4/c1-12(13-6-8-14(19-2)9-7-13)15-10-17(21-4)18(22-5)11-16(15)20-3/h6-12H,1-5H3/t12-/m1/s1. The van der Waals surface area contributed by atoms with E-state index in [4.69, 9.17) is 18.9 Å². The zero-order chi connectivity index (χ0) is 16.1. The molecule has 0 saturated carbocycles. The second kappa shape index (κ2) is 7.07. The molecule has 0 saturated heterocycles. The summed E-state index contributed by atoms with van der Waals surface area (Å²) in [5.74, 6) is 3.13. The van der Waals surface area contributed by atoms with Gasteiger partial charge in [-0.2, -0.15) is 0 Å². The SMILES string of the molecule is COc1ccc([C@@H](C)c2cc(OC)c(OC)cc2OC)cc1. The average Bonchev–Trinajstić information content (AvgIpc) is 2.59. The topological polar surface area (TPSA) is 36.9 Å². The van der Waals surface area contributed by atoms with Crippen molar-refractivity contribution in [3.8, 4) is 23.0 Å². The van der Waals surface area contributed by atoms with Gasteiger partial charge in [-0.1, -0.05) is 19.1 Å². The molecule has 0 aliphatic rings. The predicted molar refractivity (Wildman–Crippen MR) is 86.6 cm³/mol. The average molecular weight is 302 g/mol. The zero-order valence-corrected chi connectivity index (χ0v) is 13.7. The molecule has 0 unspecified atom stereocenters. The lowest BCUT2D eigenvalue weighted by molar-refractivity contribution is 0.347. The lowest BCUT2D eigenvalue weighted by Crippen LogP contribution is -2.02. The first kappa shape index (κ1) is 16.0. The molecule has 2 rings (SSSR count). The largest absolute Gasteiger partial charge is 0.497 e. The maximum Gasteiger partial charge on any atom is 0.164 e. The number of hydrogen-bond donors (Lipinski definition) is 0. The normalized spacial score (nSPS) is 11.7. The Kier molecular flexibility index (Phi) is 5.15. The van der Waals surface area contributed by atoms with Crippen LogP contribution in [0.5, 0.6) is 23.0 Å². The van der Waals surface area contributed by atoms with E-state index in [1.165, 1.54) is 5.56 Å². The van der Waals surface area contributed by atoms with Gasteiger partial charge in [0.1, 0.15) is 11.5 Å². The minimum Gasteiger partial charge on any atom is -0.497 e. The molecule has 0 N–H and O–H groups in total. The third-order valence-corrected chi connectivity index (χ3v) is 3.82. The lowest BCUT2D eigenvalue weighted by atomic mass is 9.92. The maximum absolute atomic E-state index is 5.51. The molecule has 4 nitrogen and oxygen atoms in total. The summed E-state index contributed by atoms with van der Waals surface area (Å²) in [6, 6.07) is 11.8. The molecule has 4 heteroatoms. The van der Waals surface area contributed by atoms with Crippen LogP contribution in [0.4, 0.5) is 0 Å². The van der Waals surface area contributed by atoms with Crippen LogP contribution in [0.1, 0.15) is 24.0 Å². The first-order valence-corrected chi connectivity index (χ1v) is 7.08. The van der Waals surface area contributed by atoms with Gasteiger partial charge in [0.15, 0.2) is 11.5 Å². The summed E-state index contributed by atoms with van der Waals surface area (Å²) in [6.45, 7) is 2.13. The number of rotatable bonds is 6. The summed E-state index contributed by atoms with van der Waals surface area (Å²) in [5.41, 5.74) is 2.22. The van der Waals surface area contributed by atoms with E-state index >= 15 is 0 Å². The van der Waals surface area contributed by atoms with Crippen LogP contribution >= 0.6 is 0 Å². The van der Waals surface area contributed by atoms with Gasteiger partial charge in [-0.3, -0.25) is 0 Å². The fourth-order valence-electron chi connectivity index (χ4n) is 2.46. The first-order valence-electron chi connectivity index (χ1n) is 7.08. The Balaban J connectivity index is 2.44. The van der Waals surface area contributed by atoms with E-state index in [0.717, 1.165) is 17.1 Å². The van der Waals surface area contributed by atoms with Gasteiger partial charge in [0.2, 0.25) is 0 Å². The van der Waals surface area contributed by atoms with Crippen LogP contribution < -0.4 is 18.9 Å². The molecule has 0 fully saturated rings. The van der Waals surface area contributed by atoms with Crippen LogP contribution in [0.15, 0.2) is 36.4 Å². The highest BCUT2D eigenvalue weighted by Crippen LogP contribution is 2.40. The third kappa shape index (κ3) is 3.11. The second-order valence-electron chi connectivity index (χ2n) is 4.94. The van der Waals surface area contributed by atoms with Gasteiger partial charge in [0.25, 0.3) is 0 Å². The van der Waals surface area contributed by atoms with E-state index in [0.29, 0.717) is 11.5 Å². The van der Waals surface area contributed by atoms with Crippen molar-refractivity contribution in [2.75, 3.05) is 28.4 Å². The van der Waals surface area contributed by atoms with Gasteiger partial charge in [0.05, 0.1) is 28.4 Å². The fraction of sp³-hybridized carbons (Fsp3) is 0.333. The third-order valence-electron chi connectivity index (χ3n) is 3.82. The molecule has 118 valence electrons. The highest BCUT2D eigenvalue weighted by atomic mass is 16.5. The molecule has 0 aliphatic heterocycles. The number of ether oxygens (including phenoxy) is 4. The van der Waals surface area contributed by atoms with E-state index in [9.17, 15) is 0 Å². The Hall–Kier alpha value is -2.36.